The highest BCUT2D eigenvalue weighted by Crippen LogP contribution is 1.91. The van der Waals surface area contributed by atoms with E-state index in [0.717, 1.165) is 11.8 Å². The first kappa shape index (κ1) is 9.95. The van der Waals surface area contributed by atoms with Crippen LogP contribution in [0.25, 0.3) is 0 Å². The molecule has 0 saturated carbocycles. The van der Waals surface area contributed by atoms with Crippen molar-refractivity contribution >= 4 is 21.8 Å². The molecule has 0 aliphatic rings. The van der Waals surface area contributed by atoms with Gasteiger partial charge in [-0.25, -0.2) is 0 Å². The van der Waals surface area contributed by atoms with E-state index in [4.69, 9.17) is 0 Å². The van der Waals surface area contributed by atoms with Gasteiger partial charge >= 0.3 is 0 Å². The molecule has 0 aromatic rings. The molecule has 2 nitrogen and oxygen atoms in total. The molecule has 1 unspecified atom stereocenters. The molecule has 1 N–H and O–H groups in total. The molecule has 60 valence electrons. The first-order valence-electron chi connectivity index (χ1n) is 3.56. The van der Waals surface area contributed by atoms with Crippen LogP contribution >= 0.6 is 15.9 Å². The fourth-order valence-corrected chi connectivity index (χ4v) is 0.774. The first-order valence-corrected chi connectivity index (χ1v) is 4.68. The van der Waals surface area contributed by atoms with Gasteiger partial charge in [0.1, 0.15) is 0 Å². The van der Waals surface area contributed by atoms with Gasteiger partial charge in [0.25, 0.3) is 0 Å². The molecule has 0 radical (unpaired) electrons. The molecule has 0 saturated heterocycles. The standard InChI is InChI=1S/C7H14BrNO/c1-3-4-7(10)9-6(2)5-8/h6H,3-5H2,1-2H3,(H,9,10). The summed E-state index contributed by atoms with van der Waals surface area (Å²) in [4.78, 5) is 10.9. The molecule has 1 atom stereocenters. The van der Waals surface area contributed by atoms with Gasteiger partial charge in [0, 0.05) is 17.8 Å². The lowest BCUT2D eigenvalue weighted by Crippen LogP contribution is -2.33. The third kappa shape index (κ3) is 4.79. The summed E-state index contributed by atoms with van der Waals surface area (Å²) in [6.07, 6.45) is 1.55. The lowest BCUT2D eigenvalue weighted by atomic mass is 10.3. The maximum Gasteiger partial charge on any atom is 0.220 e. The van der Waals surface area contributed by atoms with Crippen LogP contribution in [0.5, 0.6) is 0 Å². The van der Waals surface area contributed by atoms with E-state index in [2.05, 4.69) is 21.2 Å². The van der Waals surface area contributed by atoms with E-state index >= 15 is 0 Å². The van der Waals surface area contributed by atoms with Crippen LogP contribution in [0.1, 0.15) is 26.7 Å². The topological polar surface area (TPSA) is 29.1 Å². The van der Waals surface area contributed by atoms with E-state index in [1.807, 2.05) is 13.8 Å². The van der Waals surface area contributed by atoms with Crippen molar-refractivity contribution in [3.05, 3.63) is 0 Å². The first-order chi connectivity index (χ1) is 4.70. The lowest BCUT2D eigenvalue weighted by molar-refractivity contribution is -0.121. The highest BCUT2D eigenvalue weighted by molar-refractivity contribution is 9.09. The minimum absolute atomic E-state index is 0.148. The SMILES string of the molecule is CCCC(=O)NC(C)CBr. The third-order valence-electron chi connectivity index (χ3n) is 1.12. The molecular weight excluding hydrogens is 194 g/mol. The van der Waals surface area contributed by atoms with Gasteiger partial charge in [0.2, 0.25) is 5.91 Å². The molecule has 0 spiro atoms. The average Bonchev–Trinajstić information content (AvgIpc) is 1.88. The molecule has 0 aromatic heterocycles. The summed E-state index contributed by atoms with van der Waals surface area (Å²) in [6.45, 7) is 3.97. The largest absolute Gasteiger partial charge is 0.353 e. The molecular formula is C7H14BrNO. The van der Waals surface area contributed by atoms with E-state index in [-0.39, 0.29) is 11.9 Å². The number of halogens is 1. The second kappa shape index (κ2) is 5.71. The van der Waals surface area contributed by atoms with Crippen LogP contribution in [0.15, 0.2) is 0 Å². The highest BCUT2D eigenvalue weighted by atomic mass is 79.9. The van der Waals surface area contributed by atoms with Crippen molar-refractivity contribution in [2.24, 2.45) is 0 Å². The van der Waals surface area contributed by atoms with Crippen molar-refractivity contribution in [1.29, 1.82) is 0 Å². The Labute approximate surface area is 70.5 Å². The van der Waals surface area contributed by atoms with Crippen molar-refractivity contribution < 1.29 is 4.79 Å². The number of carbonyl (C=O) groups is 1. The number of carbonyl (C=O) groups excluding carboxylic acids is 1. The van der Waals surface area contributed by atoms with Crippen LogP contribution in [0.3, 0.4) is 0 Å². The monoisotopic (exact) mass is 207 g/mol. The highest BCUT2D eigenvalue weighted by Gasteiger charge is 2.02. The van der Waals surface area contributed by atoms with E-state index in [0.29, 0.717) is 6.42 Å². The second-order valence-corrected chi connectivity index (χ2v) is 3.02. The van der Waals surface area contributed by atoms with Gasteiger partial charge in [-0.3, -0.25) is 4.79 Å². The summed E-state index contributed by atoms with van der Waals surface area (Å²) in [7, 11) is 0. The minimum atomic E-state index is 0.148. The summed E-state index contributed by atoms with van der Waals surface area (Å²) < 4.78 is 0. The zero-order chi connectivity index (χ0) is 7.98. The van der Waals surface area contributed by atoms with Crippen LogP contribution in [-0.2, 0) is 4.79 Å². The van der Waals surface area contributed by atoms with Crippen LogP contribution < -0.4 is 5.32 Å². The molecule has 0 aliphatic heterocycles. The van der Waals surface area contributed by atoms with E-state index in [1.165, 1.54) is 0 Å². The van der Waals surface area contributed by atoms with E-state index < -0.39 is 0 Å². The number of hydrogen-bond donors (Lipinski definition) is 1. The molecule has 10 heavy (non-hydrogen) atoms. The quantitative estimate of drug-likeness (QED) is 0.699. The number of amides is 1. The zero-order valence-electron chi connectivity index (χ0n) is 6.48. The van der Waals surface area contributed by atoms with Crippen LogP contribution in [0, 0.1) is 0 Å². The van der Waals surface area contributed by atoms with Gasteiger partial charge < -0.3 is 5.32 Å². The van der Waals surface area contributed by atoms with Crippen LogP contribution in [-0.4, -0.2) is 17.3 Å². The number of hydrogen-bond acceptors (Lipinski definition) is 1. The fraction of sp³-hybridized carbons (Fsp3) is 0.857. The third-order valence-corrected chi connectivity index (χ3v) is 2.09. The van der Waals surface area contributed by atoms with Gasteiger partial charge in [-0.15, -0.1) is 0 Å². The average molecular weight is 208 g/mol. The van der Waals surface area contributed by atoms with Gasteiger partial charge in [-0.05, 0) is 13.3 Å². The Morgan fingerprint density at radius 3 is 2.70 bits per heavy atom. The van der Waals surface area contributed by atoms with Gasteiger partial charge in [0.15, 0.2) is 0 Å². The van der Waals surface area contributed by atoms with Crippen LogP contribution in [0.2, 0.25) is 0 Å². The zero-order valence-corrected chi connectivity index (χ0v) is 8.07. The van der Waals surface area contributed by atoms with Crippen molar-refractivity contribution in [3.63, 3.8) is 0 Å². The van der Waals surface area contributed by atoms with Crippen molar-refractivity contribution in [3.8, 4) is 0 Å². The molecule has 3 heteroatoms. The van der Waals surface area contributed by atoms with Crippen molar-refractivity contribution in [2.75, 3.05) is 5.33 Å². The summed E-state index contributed by atoms with van der Waals surface area (Å²) in [5, 5.41) is 3.67. The van der Waals surface area contributed by atoms with E-state index in [1.54, 1.807) is 0 Å². The second-order valence-electron chi connectivity index (χ2n) is 2.37. The Hall–Kier alpha value is -0.0500. The minimum Gasteiger partial charge on any atom is -0.353 e. The molecule has 0 aliphatic carbocycles. The molecule has 0 heterocycles. The molecule has 0 rings (SSSR count). The number of alkyl halides is 1. The van der Waals surface area contributed by atoms with Crippen molar-refractivity contribution in [2.45, 2.75) is 32.7 Å². The van der Waals surface area contributed by atoms with Crippen molar-refractivity contribution in [1.82, 2.24) is 5.32 Å². The molecule has 0 aromatic carbocycles. The Balaban J connectivity index is 3.37. The molecule has 0 bridgehead atoms. The fourth-order valence-electron chi connectivity index (χ4n) is 0.613. The smallest absolute Gasteiger partial charge is 0.220 e. The summed E-state index contributed by atoms with van der Waals surface area (Å²) in [5.74, 6) is 0.148. The van der Waals surface area contributed by atoms with Gasteiger partial charge in [0.05, 0.1) is 0 Å². The Kier molecular flexibility index (Phi) is 5.69. The maximum absolute atomic E-state index is 10.9. The Bertz CT molecular complexity index is 106. The predicted molar refractivity (Wildman–Crippen MR) is 46.3 cm³/mol. The summed E-state index contributed by atoms with van der Waals surface area (Å²) in [5.41, 5.74) is 0. The molecule has 1 amide bonds. The summed E-state index contributed by atoms with van der Waals surface area (Å²) in [6, 6.07) is 0.249. The van der Waals surface area contributed by atoms with Gasteiger partial charge in [-0.2, -0.15) is 0 Å². The lowest BCUT2D eigenvalue weighted by Gasteiger charge is -2.08. The maximum atomic E-state index is 10.9. The number of rotatable bonds is 4. The van der Waals surface area contributed by atoms with Crippen LogP contribution in [0.4, 0.5) is 0 Å². The Morgan fingerprint density at radius 2 is 2.30 bits per heavy atom. The Morgan fingerprint density at radius 1 is 1.70 bits per heavy atom. The normalized spacial score (nSPS) is 12.7. The predicted octanol–water partition coefficient (Wildman–Crippen LogP) is 1.69. The van der Waals surface area contributed by atoms with Gasteiger partial charge in [-0.1, -0.05) is 22.9 Å². The summed E-state index contributed by atoms with van der Waals surface area (Å²) >= 11 is 3.28. The number of nitrogens with one attached hydrogen (secondary N) is 1. The molecule has 0 fully saturated rings. The van der Waals surface area contributed by atoms with E-state index in [9.17, 15) is 4.79 Å².